The normalized spacial score (nSPS) is 15.3. The van der Waals surface area contributed by atoms with Crippen LogP contribution in [0.4, 0.5) is 5.69 Å². The largest absolute Gasteiger partial charge is 0.492 e. The van der Waals surface area contributed by atoms with Crippen molar-refractivity contribution in [2.75, 3.05) is 38.2 Å². The van der Waals surface area contributed by atoms with E-state index in [2.05, 4.69) is 5.32 Å². The molecule has 0 atom stereocenters. The number of hydrogen-bond donors (Lipinski definition) is 1. The summed E-state index contributed by atoms with van der Waals surface area (Å²) in [7, 11) is -3.66. The Kier molecular flexibility index (Phi) is 6.10. The van der Waals surface area contributed by atoms with E-state index in [0.717, 1.165) is 0 Å². The average Bonchev–Trinajstić information content (AvgIpc) is 2.70. The van der Waals surface area contributed by atoms with Gasteiger partial charge in [-0.3, -0.25) is 4.79 Å². The summed E-state index contributed by atoms with van der Waals surface area (Å²) in [6, 6.07) is 13.1. The summed E-state index contributed by atoms with van der Waals surface area (Å²) in [5.41, 5.74) is 0.793. The molecular formula is C19H22N2O5S. The third-order valence-corrected chi connectivity index (χ3v) is 6.03. The second-order valence-electron chi connectivity index (χ2n) is 5.93. The van der Waals surface area contributed by atoms with Crippen LogP contribution >= 0.6 is 0 Å². The number of hydrogen-bond acceptors (Lipinski definition) is 5. The van der Waals surface area contributed by atoms with Gasteiger partial charge in [-0.1, -0.05) is 18.2 Å². The second kappa shape index (κ2) is 8.51. The van der Waals surface area contributed by atoms with Crippen molar-refractivity contribution in [1.29, 1.82) is 0 Å². The molecule has 7 nitrogen and oxygen atoms in total. The Morgan fingerprint density at radius 3 is 2.63 bits per heavy atom. The Morgan fingerprint density at radius 2 is 1.89 bits per heavy atom. The zero-order valence-corrected chi connectivity index (χ0v) is 15.9. The predicted octanol–water partition coefficient (Wildman–Crippen LogP) is 2.36. The van der Waals surface area contributed by atoms with Crippen LogP contribution in [0.1, 0.15) is 17.3 Å². The van der Waals surface area contributed by atoms with E-state index in [1.165, 1.54) is 16.4 Å². The summed E-state index contributed by atoms with van der Waals surface area (Å²) >= 11 is 0. The fourth-order valence-electron chi connectivity index (χ4n) is 2.78. The summed E-state index contributed by atoms with van der Waals surface area (Å²) in [5.74, 6) is 0.159. The number of sulfonamides is 1. The molecule has 2 aromatic rings. The molecule has 0 aromatic heterocycles. The van der Waals surface area contributed by atoms with Crippen molar-refractivity contribution in [3.05, 3.63) is 54.1 Å². The van der Waals surface area contributed by atoms with Crippen LogP contribution in [0.2, 0.25) is 0 Å². The predicted molar refractivity (Wildman–Crippen MR) is 102 cm³/mol. The molecule has 1 heterocycles. The molecule has 0 radical (unpaired) electrons. The maximum atomic E-state index is 12.8. The lowest BCUT2D eigenvalue weighted by atomic mass is 10.2. The number of nitrogens with zero attached hydrogens (tertiary/aromatic N) is 1. The van der Waals surface area contributed by atoms with Crippen molar-refractivity contribution >= 4 is 21.6 Å². The minimum absolute atomic E-state index is 0.0927. The van der Waals surface area contributed by atoms with Gasteiger partial charge < -0.3 is 14.8 Å². The second-order valence-corrected chi connectivity index (χ2v) is 7.87. The summed E-state index contributed by atoms with van der Waals surface area (Å²) in [5, 5.41) is 2.78. The fourth-order valence-corrected chi connectivity index (χ4v) is 4.23. The molecule has 1 amide bonds. The molecule has 1 aliphatic heterocycles. The number of anilines is 1. The first-order chi connectivity index (χ1) is 13.0. The first-order valence-electron chi connectivity index (χ1n) is 8.73. The van der Waals surface area contributed by atoms with E-state index in [1.807, 2.05) is 13.0 Å². The molecule has 8 heteroatoms. The van der Waals surface area contributed by atoms with Crippen molar-refractivity contribution in [2.45, 2.75) is 11.8 Å². The van der Waals surface area contributed by atoms with E-state index in [4.69, 9.17) is 9.47 Å². The Morgan fingerprint density at radius 1 is 1.15 bits per heavy atom. The minimum atomic E-state index is -3.66. The third-order valence-electron chi connectivity index (χ3n) is 4.14. The molecule has 1 saturated heterocycles. The van der Waals surface area contributed by atoms with E-state index >= 15 is 0 Å². The smallest absolute Gasteiger partial charge is 0.255 e. The number of para-hydroxylation sites is 2. The molecule has 1 N–H and O–H groups in total. The van der Waals surface area contributed by atoms with Crippen LogP contribution in [0.5, 0.6) is 5.75 Å². The van der Waals surface area contributed by atoms with Crippen LogP contribution in [-0.4, -0.2) is 51.5 Å². The minimum Gasteiger partial charge on any atom is -0.492 e. The number of benzene rings is 2. The number of nitrogens with one attached hydrogen (secondary N) is 1. The van der Waals surface area contributed by atoms with E-state index < -0.39 is 15.9 Å². The summed E-state index contributed by atoms with van der Waals surface area (Å²) in [6.45, 7) is 3.68. The number of carbonyl (C=O) groups excluding carboxylic acids is 1. The monoisotopic (exact) mass is 390 g/mol. The summed E-state index contributed by atoms with van der Waals surface area (Å²) < 4.78 is 37.6. The summed E-state index contributed by atoms with van der Waals surface area (Å²) in [4.78, 5) is 12.7. The highest BCUT2D eigenvalue weighted by Crippen LogP contribution is 2.25. The van der Waals surface area contributed by atoms with Gasteiger partial charge in [-0.2, -0.15) is 4.31 Å². The molecule has 0 saturated carbocycles. The van der Waals surface area contributed by atoms with Crippen LogP contribution in [-0.2, 0) is 14.8 Å². The molecule has 3 rings (SSSR count). The number of morpholine rings is 1. The quantitative estimate of drug-likeness (QED) is 0.818. The number of rotatable bonds is 6. The highest BCUT2D eigenvalue weighted by Gasteiger charge is 2.27. The van der Waals surface area contributed by atoms with Gasteiger partial charge in [0.2, 0.25) is 10.0 Å². The van der Waals surface area contributed by atoms with Crippen LogP contribution < -0.4 is 10.1 Å². The molecule has 1 aliphatic rings. The highest BCUT2D eigenvalue weighted by atomic mass is 32.2. The first-order valence-corrected chi connectivity index (χ1v) is 10.2. The van der Waals surface area contributed by atoms with Crippen molar-refractivity contribution in [3.8, 4) is 5.75 Å². The van der Waals surface area contributed by atoms with Gasteiger partial charge >= 0.3 is 0 Å². The molecule has 1 fully saturated rings. The molecular weight excluding hydrogens is 368 g/mol. The highest BCUT2D eigenvalue weighted by molar-refractivity contribution is 7.89. The lowest BCUT2D eigenvalue weighted by Gasteiger charge is -2.26. The first kappa shape index (κ1) is 19.3. The van der Waals surface area contributed by atoms with Gasteiger partial charge in [0.15, 0.2) is 0 Å². The van der Waals surface area contributed by atoms with Crippen LogP contribution in [0.25, 0.3) is 0 Å². The van der Waals surface area contributed by atoms with E-state index in [9.17, 15) is 13.2 Å². The molecule has 0 unspecified atom stereocenters. The van der Waals surface area contributed by atoms with Gasteiger partial charge in [-0.25, -0.2) is 8.42 Å². The molecule has 0 bridgehead atoms. The third kappa shape index (κ3) is 4.47. The van der Waals surface area contributed by atoms with Gasteiger partial charge in [0, 0.05) is 18.7 Å². The van der Waals surface area contributed by atoms with E-state index in [-0.39, 0.29) is 10.5 Å². The zero-order valence-electron chi connectivity index (χ0n) is 15.1. The molecule has 0 aliphatic carbocycles. The topological polar surface area (TPSA) is 84.9 Å². The van der Waals surface area contributed by atoms with Gasteiger partial charge in [0.05, 0.1) is 30.4 Å². The SMILES string of the molecule is CCOc1ccccc1NC(=O)c1cccc(S(=O)(=O)N2CCOCC2)c1. The van der Waals surface area contributed by atoms with Gasteiger partial charge in [-0.05, 0) is 37.3 Å². The van der Waals surface area contributed by atoms with Crippen LogP contribution in [0.3, 0.4) is 0 Å². The number of carbonyl (C=O) groups is 1. The van der Waals surface area contributed by atoms with Crippen molar-refractivity contribution in [1.82, 2.24) is 4.31 Å². The molecule has 144 valence electrons. The Hall–Kier alpha value is -2.42. The number of amides is 1. The van der Waals surface area contributed by atoms with Crippen molar-refractivity contribution in [3.63, 3.8) is 0 Å². The Labute approximate surface area is 158 Å². The molecule has 0 spiro atoms. The van der Waals surface area contributed by atoms with Crippen LogP contribution in [0.15, 0.2) is 53.4 Å². The van der Waals surface area contributed by atoms with E-state index in [0.29, 0.717) is 44.3 Å². The molecule has 27 heavy (non-hydrogen) atoms. The van der Waals surface area contributed by atoms with Gasteiger partial charge in [0.1, 0.15) is 5.75 Å². The van der Waals surface area contributed by atoms with Gasteiger partial charge in [0.25, 0.3) is 5.91 Å². The molecule has 2 aromatic carbocycles. The van der Waals surface area contributed by atoms with E-state index in [1.54, 1.807) is 30.3 Å². The fraction of sp³-hybridized carbons (Fsp3) is 0.316. The lowest BCUT2D eigenvalue weighted by Crippen LogP contribution is -2.40. The average molecular weight is 390 g/mol. The lowest BCUT2D eigenvalue weighted by molar-refractivity contribution is 0.0730. The maximum Gasteiger partial charge on any atom is 0.255 e. The zero-order chi connectivity index (χ0) is 19.3. The Bertz CT molecular complexity index is 908. The van der Waals surface area contributed by atoms with Crippen LogP contribution in [0, 0.1) is 0 Å². The van der Waals surface area contributed by atoms with Gasteiger partial charge in [-0.15, -0.1) is 0 Å². The summed E-state index contributed by atoms with van der Waals surface area (Å²) in [6.07, 6.45) is 0. The van der Waals surface area contributed by atoms with Crippen molar-refractivity contribution < 1.29 is 22.7 Å². The maximum absolute atomic E-state index is 12.8. The standard InChI is InChI=1S/C19H22N2O5S/c1-2-26-18-9-4-3-8-17(18)20-19(22)15-6-5-7-16(14-15)27(23,24)21-10-12-25-13-11-21/h3-9,14H,2,10-13H2,1H3,(H,20,22). The van der Waals surface area contributed by atoms with Crippen molar-refractivity contribution in [2.24, 2.45) is 0 Å². The Balaban J connectivity index is 1.82. The number of ether oxygens (including phenoxy) is 2.